The highest BCUT2D eigenvalue weighted by Gasteiger charge is 2.30. The van der Waals surface area contributed by atoms with Crippen molar-refractivity contribution in [2.45, 2.75) is 31.6 Å². The summed E-state index contributed by atoms with van der Waals surface area (Å²) in [5, 5.41) is 7.16. The monoisotopic (exact) mass is 323 g/mol. The van der Waals surface area contributed by atoms with Crippen LogP contribution in [-0.4, -0.2) is 72.2 Å². The summed E-state index contributed by atoms with van der Waals surface area (Å²) in [6.45, 7) is 5.71. The van der Waals surface area contributed by atoms with Gasteiger partial charge in [-0.1, -0.05) is 0 Å². The number of anilines is 1. The van der Waals surface area contributed by atoms with Crippen LogP contribution >= 0.6 is 0 Å². The fourth-order valence-corrected chi connectivity index (χ4v) is 2.91. The first-order chi connectivity index (χ1) is 11.2. The molecule has 23 heavy (non-hydrogen) atoms. The number of aromatic nitrogens is 2. The molecule has 2 atom stereocenters. The summed E-state index contributed by atoms with van der Waals surface area (Å²) in [6.07, 6.45) is 4.69. The van der Waals surface area contributed by atoms with Crippen molar-refractivity contribution in [3.05, 3.63) is 12.4 Å². The Morgan fingerprint density at radius 3 is 2.91 bits per heavy atom. The zero-order valence-electron chi connectivity index (χ0n) is 13.3. The molecular formula is C15H25N5O3. The van der Waals surface area contributed by atoms with E-state index in [0.717, 1.165) is 52.2 Å². The topological polar surface area (TPSA) is 94.6 Å². The molecule has 2 aliphatic rings. The summed E-state index contributed by atoms with van der Waals surface area (Å²) in [5.74, 6) is -0.117. The lowest BCUT2D eigenvalue weighted by molar-refractivity contribution is -0.126. The average molecular weight is 323 g/mol. The number of nitrogens with two attached hydrogens (primary N) is 1. The second kappa shape index (κ2) is 7.87. The molecule has 2 aliphatic heterocycles. The summed E-state index contributed by atoms with van der Waals surface area (Å²) < 4.78 is 12.8. The molecule has 1 amide bonds. The van der Waals surface area contributed by atoms with E-state index in [0.29, 0.717) is 12.2 Å². The number of carbonyl (C=O) groups is 1. The number of rotatable bonds is 6. The first-order valence-electron chi connectivity index (χ1n) is 8.23. The van der Waals surface area contributed by atoms with Crippen LogP contribution in [0.15, 0.2) is 12.4 Å². The Labute approximate surface area is 135 Å². The molecule has 1 aromatic rings. The molecule has 0 spiro atoms. The summed E-state index contributed by atoms with van der Waals surface area (Å²) in [4.78, 5) is 14.5. The molecule has 0 aliphatic carbocycles. The van der Waals surface area contributed by atoms with Gasteiger partial charge in [0.2, 0.25) is 0 Å². The number of hydrogen-bond donors (Lipinski definition) is 2. The fourth-order valence-electron chi connectivity index (χ4n) is 2.91. The average Bonchev–Trinajstić information content (AvgIpc) is 3.23. The molecule has 3 heterocycles. The van der Waals surface area contributed by atoms with Gasteiger partial charge >= 0.3 is 0 Å². The van der Waals surface area contributed by atoms with Gasteiger partial charge in [0.1, 0.15) is 6.10 Å². The number of hydrogen-bond acceptors (Lipinski definition) is 6. The van der Waals surface area contributed by atoms with Crippen molar-refractivity contribution < 1.29 is 14.3 Å². The Morgan fingerprint density at radius 1 is 1.35 bits per heavy atom. The van der Waals surface area contributed by atoms with E-state index in [1.54, 1.807) is 6.20 Å². The summed E-state index contributed by atoms with van der Waals surface area (Å²) in [6, 6.07) is 0. The van der Waals surface area contributed by atoms with E-state index in [1.807, 2.05) is 10.9 Å². The molecular weight excluding hydrogens is 298 g/mol. The maximum atomic E-state index is 12.2. The number of ether oxygens (including phenoxy) is 2. The first kappa shape index (κ1) is 16.4. The molecule has 0 bridgehead atoms. The second-order valence-electron chi connectivity index (χ2n) is 6.00. The molecule has 2 fully saturated rings. The van der Waals surface area contributed by atoms with Gasteiger partial charge in [-0.15, -0.1) is 0 Å². The number of amides is 1. The van der Waals surface area contributed by atoms with E-state index in [9.17, 15) is 4.79 Å². The van der Waals surface area contributed by atoms with E-state index in [-0.39, 0.29) is 12.0 Å². The standard InChI is InChI=1S/C15H25N5O3/c16-9-13-1-2-14(23-13)15(21)18-12-10-17-20(11-12)4-3-19-5-7-22-8-6-19/h10-11,13-14H,1-9,16H2,(H,18,21)/t13-,14+/m1/s1. The Morgan fingerprint density at radius 2 is 2.17 bits per heavy atom. The molecule has 8 heteroatoms. The van der Waals surface area contributed by atoms with Crippen molar-refractivity contribution in [3.63, 3.8) is 0 Å². The normalized spacial score (nSPS) is 25.6. The SMILES string of the molecule is NC[C@H]1CC[C@@H](C(=O)Nc2cnn(CCN3CCOCC3)c2)O1. The number of carbonyl (C=O) groups excluding carboxylic acids is 1. The van der Waals surface area contributed by atoms with Crippen molar-refractivity contribution in [3.8, 4) is 0 Å². The van der Waals surface area contributed by atoms with Gasteiger partial charge in [0.25, 0.3) is 5.91 Å². The van der Waals surface area contributed by atoms with Crippen LogP contribution in [0.2, 0.25) is 0 Å². The fraction of sp³-hybridized carbons (Fsp3) is 0.733. The Kier molecular flexibility index (Phi) is 5.60. The van der Waals surface area contributed by atoms with Gasteiger partial charge in [0.15, 0.2) is 0 Å². The zero-order chi connectivity index (χ0) is 16.1. The lowest BCUT2D eigenvalue weighted by Gasteiger charge is -2.26. The third-order valence-electron chi connectivity index (χ3n) is 4.31. The third-order valence-corrected chi connectivity index (χ3v) is 4.31. The van der Waals surface area contributed by atoms with Crippen LogP contribution in [0.1, 0.15) is 12.8 Å². The van der Waals surface area contributed by atoms with Gasteiger partial charge in [-0.05, 0) is 12.8 Å². The van der Waals surface area contributed by atoms with Crippen molar-refractivity contribution in [1.29, 1.82) is 0 Å². The minimum atomic E-state index is -0.403. The predicted molar refractivity (Wildman–Crippen MR) is 85.1 cm³/mol. The summed E-state index contributed by atoms with van der Waals surface area (Å²) >= 11 is 0. The molecule has 1 aromatic heterocycles. The summed E-state index contributed by atoms with van der Waals surface area (Å²) in [5.41, 5.74) is 6.27. The predicted octanol–water partition coefficient (Wildman–Crippen LogP) is -0.340. The molecule has 0 aromatic carbocycles. The highest BCUT2D eigenvalue weighted by molar-refractivity contribution is 5.94. The minimum Gasteiger partial charge on any atom is -0.379 e. The molecule has 8 nitrogen and oxygen atoms in total. The molecule has 2 saturated heterocycles. The Hall–Kier alpha value is -1.48. The maximum Gasteiger partial charge on any atom is 0.253 e. The number of nitrogens with one attached hydrogen (secondary N) is 1. The van der Waals surface area contributed by atoms with Crippen molar-refractivity contribution in [2.24, 2.45) is 5.73 Å². The molecule has 0 unspecified atom stereocenters. The smallest absolute Gasteiger partial charge is 0.253 e. The van der Waals surface area contributed by atoms with Gasteiger partial charge in [0.05, 0.1) is 37.7 Å². The second-order valence-corrected chi connectivity index (χ2v) is 6.00. The van der Waals surface area contributed by atoms with Gasteiger partial charge in [-0.3, -0.25) is 14.4 Å². The van der Waals surface area contributed by atoms with E-state index < -0.39 is 6.10 Å². The minimum absolute atomic E-state index is 0.00185. The van der Waals surface area contributed by atoms with Gasteiger partial charge < -0.3 is 20.5 Å². The molecule has 128 valence electrons. The lowest BCUT2D eigenvalue weighted by atomic mass is 10.2. The highest BCUT2D eigenvalue weighted by Crippen LogP contribution is 2.20. The van der Waals surface area contributed by atoms with Crippen molar-refractivity contribution >= 4 is 11.6 Å². The molecule has 0 radical (unpaired) electrons. The van der Waals surface area contributed by atoms with Crippen LogP contribution < -0.4 is 11.1 Å². The quantitative estimate of drug-likeness (QED) is 0.744. The van der Waals surface area contributed by atoms with Crippen LogP contribution in [0, 0.1) is 0 Å². The molecule has 3 rings (SSSR count). The van der Waals surface area contributed by atoms with Gasteiger partial charge in [-0.25, -0.2) is 0 Å². The van der Waals surface area contributed by atoms with Gasteiger partial charge in [0, 0.05) is 32.4 Å². The van der Waals surface area contributed by atoms with Crippen LogP contribution in [0.4, 0.5) is 5.69 Å². The first-order valence-corrected chi connectivity index (χ1v) is 8.23. The van der Waals surface area contributed by atoms with Gasteiger partial charge in [-0.2, -0.15) is 5.10 Å². The largest absolute Gasteiger partial charge is 0.379 e. The van der Waals surface area contributed by atoms with Crippen LogP contribution in [0.5, 0.6) is 0 Å². The van der Waals surface area contributed by atoms with E-state index in [2.05, 4.69) is 15.3 Å². The molecule has 0 saturated carbocycles. The number of morpholine rings is 1. The van der Waals surface area contributed by atoms with Crippen LogP contribution in [0.25, 0.3) is 0 Å². The highest BCUT2D eigenvalue weighted by atomic mass is 16.5. The Bertz CT molecular complexity index is 515. The zero-order valence-corrected chi connectivity index (χ0v) is 13.3. The maximum absolute atomic E-state index is 12.2. The van der Waals surface area contributed by atoms with Crippen molar-refractivity contribution in [1.82, 2.24) is 14.7 Å². The van der Waals surface area contributed by atoms with E-state index in [4.69, 9.17) is 15.2 Å². The number of nitrogens with zero attached hydrogens (tertiary/aromatic N) is 3. The third kappa shape index (κ3) is 4.51. The van der Waals surface area contributed by atoms with E-state index in [1.165, 1.54) is 0 Å². The Balaban J connectivity index is 1.44. The summed E-state index contributed by atoms with van der Waals surface area (Å²) in [7, 11) is 0. The van der Waals surface area contributed by atoms with Crippen LogP contribution in [0.3, 0.4) is 0 Å². The lowest BCUT2D eigenvalue weighted by Crippen LogP contribution is -2.38. The molecule has 3 N–H and O–H groups in total. The van der Waals surface area contributed by atoms with Crippen molar-refractivity contribution in [2.75, 3.05) is 44.7 Å². The van der Waals surface area contributed by atoms with E-state index >= 15 is 0 Å². The van der Waals surface area contributed by atoms with Crippen LogP contribution in [-0.2, 0) is 20.8 Å².